The maximum atomic E-state index is 13.7. The lowest BCUT2D eigenvalue weighted by Gasteiger charge is -2.18. The average molecular weight is 471 g/mol. The van der Waals surface area contributed by atoms with E-state index in [2.05, 4.69) is 4.98 Å². The molecule has 0 unspecified atom stereocenters. The summed E-state index contributed by atoms with van der Waals surface area (Å²) in [5, 5.41) is 1.28. The van der Waals surface area contributed by atoms with Crippen LogP contribution in [0.2, 0.25) is 0 Å². The highest BCUT2D eigenvalue weighted by Gasteiger charge is 2.21. The summed E-state index contributed by atoms with van der Waals surface area (Å²) in [5.74, 6) is 0.549. The van der Waals surface area contributed by atoms with Crippen molar-refractivity contribution < 1.29 is 9.53 Å². The van der Waals surface area contributed by atoms with Gasteiger partial charge in [-0.25, -0.2) is 9.55 Å². The molecule has 7 nitrogen and oxygen atoms in total. The molecule has 1 amide bonds. The number of hydrogen-bond acceptors (Lipinski definition) is 5. The molecule has 0 aliphatic carbocycles. The molecule has 0 bridgehead atoms. The zero-order valence-corrected chi connectivity index (χ0v) is 19.5. The summed E-state index contributed by atoms with van der Waals surface area (Å²) in [6.07, 6.45) is 0. The number of aromatic nitrogens is 3. The zero-order valence-electron chi connectivity index (χ0n) is 18.7. The van der Waals surface area contributed by atoms with Gasteiger partial charge in [0.25, 0.3) is 5.56 Å². The number of hydrogen-bond donors (Lipinski definition) is 1. The first-order valence-corrected chi connectivity index (χ1v) is 11.7. The monoisotopic (exact) mass is 470 g/mol. The van der Waals surface area contributed by atoms with Crippen molar-refractivity contribution in [3.63, 3.8) is 0 Å². The highest BCUT2D eigenvalue weighted by atomic mass is 32.2. The van der Waals surface area contributed by atoms with Crippen molar-refractivity contribution in [1.82, 2.24) is 14.5 Å². The number of nitrogens with one attached hydrogen (secondary N) is 1. The van der Waals surface area contributed by atoms with Crippen LogP contribution < -0.4 is 15.2 Å². The van der Waals surface area contributed by atoms with Gasteiger partial charge in [0.2, 0.25) is 5.91 Å². The number of amides is 1. The van der Waals surface area contributed by atoms with E-state index in [1.54, 1.807) is 31.2 Å². The fraction of sp³-hybridized carbons (Fsp3) is 0.115. The van der Waals surface area contributed by atoms with Crippen molar-refractivity contribution in [3.8, 4) is 11.4 Å². The number of para-hydroxylation sites is 4. The van der Waals surface area contributed by atoms with Crippen LogP contribution in [0.3, 0.4) is 0 Å². The number of aromatic amines is 1. The quantitative estimate of drug-likeness (QED) is 0.289. The Kier molecular flexibility index (Phi) is 5.81. The molecular weight excluding hydrogens is 448 g/mol. The van der Waals surface area contributed by atoms with Crippen molar-refractivity contribution in [3.05, 3.63) is 89.2 Å². The smallest absolute Gasteiger partial charge is 0.283 e. The number of fused-ring (bicyclic) bond motifs is 3. The predicted octanol–water partition coefficient (Wildman–Crippen LogP) is 4.63. The van der Waals surface area contributed by atoms with Crippen LogP contribution in [0.4, 0.5) is 5.69 Å². The van der Waals surface area contributed by atoms with Crippen molar-refractivity contribution in [2.24, 2.45) is 0 Å². The molecular formula is C26H22N4O3S. The van der Waals surface area contributed by atoms with E-state index in [9.17, 15) is 9.59 Å². The molecule has 2 heterocycles. The third-order valence-electron chi connectivity index (χ3n) is 5.66. The molecule has 0 radical (unpaired) electrons. The van der Waals surface area contributed by atoms with Gasteiger partial charge in [0.05, 0.1) is 18.6 Å². The average Bonchev–Trinajstić information content (AvgIpc) is 3.26. The van der Waals surface area contributed by atoms with Crippen LogP contribution in [0.25, 0.3) is 27.6 Å². The SMILES string of the molecule is COc1ccccc1-n1c(SCC(=O)N(C)c2ccccc2)nc2c([nH]c3ccccc32)c1=O. The minimum absolute atomic E-state index is 0.101. The van der Waals surface area contributed by atoms with E-state index in [0.717, 1.165) is 16.6 Å². The molecule has 0 fully saturated rings. The number of anilines is 1. The van der Waals surface area contributed by atoms with E-state index in [1.807, 2.05) is 66.7 Å². The molecule has 0 atom stereocenters. The number of carbonyl (C=O) groups is 1. The lowest BCUT2D eigenvalue weighted by Crippen LogP contribution is -2.28. The van der Waals surface area contributed by atoms with Crippen LogP contribution in [0.15, 0.2) is 88.8 Å². The van der Waals surface area contributed by atoms with Crippen LogP contribution in [-0.4, -0.2) is 40.4 Å². The molecule has 34 heavy (non-hydrogen) atoms. The third kappa shape index (κ3) is 3.82. The molecule has 170 valence electrons. The van der Waals surface area contributed by atoms with Crippen molar-refractivity contribution in [1.29, 1.82) is 0 Å². The van der Waals surface area contributed by atoms with E-state index >= 15 is 0 Å². The van der Waals surface area contributed by atoms with Crippen LogP contribution in [0.1, 0.15) is 0 Å². The van der Waals surface area contributed by atoms with Gasteiger partial charge in [-0.05, 0) is 30.3 Å². The second kappa shape index (κ2) is 9.07. The Morgan fingerprint density at radius 2 is 1.74 bits per heavy atom. The maximum Gasteiger partial charge on any atom is 0.283 e. The maximum absolute atomic E-state index is 13.7. The number of thioether (sulfide) groups is 1. The normalized spacial score (nSPS) is 11.1. The van der Waals surface area contributed by atoms with Gasteiger partial charge in [-0.1, -0.05) is 60.3 Å². The highest BCUT2D eigenvalue weighted by Crippen LogP contribution is 2.29. The summed E-state index contributed by atoms with van der Waals surface area (Å²) < 4.78 is 7.03. The summed E-state index contributed by atoms with van der Waals surface area (Å²) >= 11 is 1.22. The topological polar surface area (TPSA) is 80.2 Å². The fourth-order valence-corrected chi connectivity index (χ4v) is 4.80. The van der Waals surface area contributed by atoms with Crippen LogP contribution in [0.5, 0.6) is 5.75 Å². The molecule has 5 rings (SSSR count). The molecule has 0 spiro atoms. The van der Waals surface area contributed by atoms with Gasteiger partial charge >= 0.3 is 0 Å². The number of H-pyrrole nitrogens is 1. The molecule has 0 aliphatic rings. The number of rotatable bonds is 6. The largest absolute Gasteiger partial charge is 0.495 e. The molecule has 0 saturated carbocycles. The number of nitrogens with zero attached hydrogens (tertiary/aromatic N) is 3. The van der Waals surface area contributed by atoms with E-state index in [4.69, 9.17) is 9.72 Å². The third-order valence-corrected chi connectivity index (χ3v) is 6.59. The second-order valence-corrected chi connectivity index (χ2v) is 8.62. The van der Waals surface area contributed by atoms with Gasteiger partial charge < -0.3 is 14.6 Å². The van der Waals surface area contributed by atoms with Crippen molar-refractivity contribution in [2.75, 3.05) is 24.8 Å². The Balaban J connectivity index is 1.62. The molecule has 5 aromatic rings. The summed E-state index contributed by atoms with van der Waals surface area (Å²) in [6.45, 7) is 0. The Hall–Kier alpha value is -4.04. The molecule has 8 heteroatoms. The van der Waals surface area contributed by atoms with Crippen LogP contribution >= 0.6 is 11.8 Å². The van der Waals surface area contributed by atoms with E-state index < -0.39 is 0 Å². The Bertz CT molecular complexity index is 1560. The molecule has 0 aliphatic heterocycles. The summed E-state index contributed by atoms with van der Waals surface area (Å²) in [6, 6.07) is 24.4. The Labute approximate surface area is 200 Å². The first-order valence-electron chi connectivity index (χ1n) is 10.7. The number of benzene rings is 3. The lowest BCUT2D eigenvalue weighted by molar-refractivity contribution is -0.115. The standard InChI is InChI=1S/C26H22N4O3S/c1-29(17-10-4-3-5-11-17)22(31)16-34-26-28-23-18-12-6-7-13-19(18)27-24(23)25(32)30(26)20-14-8-9-15-21(20)33-2/h3-15,27H,16H2,1-2H3. The van der Waals surface area contributed by atoms with Crippen LogP contribution in [0, 0.1) is 0 Å². The fourth-order valence-electron chi connectivity index (χ4n) is 3.88. The second-order valence-electron chi connectivity index (χ2n) is 7.68. The zero-order chi connectivity index (χ0) is 23.7. The first kappa shape index (κ1) is 21.8. The van der Waals surface area contributed by atoms with Gasteiger partial charge in [-0.2, -0.15) is 0 Å². The van der Waals surface area contributed by atoms with Crippen molar-refractivity contribution in [2.45, 2.75) is 5.16 Å². The predicted molar refractivity (Wildman–Crippen MR) is 136 cm³/mol. The van der Waals surface area contributed by atoms with E-state index in [1.165, 1.54) is 16.3 Å². The lowest BCUT2D eigenvalue weighted by atomic mass is 10.2. The first-order chi connectivity index (χ1) is 16.6. The van der Waals surface area contributed by atoms with Gasteiger partial charge in [-0.3, -0.25) is 9.59 Å². The minimum atomic E-state index is -0.253. The highest BCUT2D eigenvalue weighted by molar-refractivity contribution is 7.99. The number of ether oxygens (including phenoxy) is 1. The molecule has 0 saturated heterocycles. The van der Waals surface area contributed by atoms with Gasteiger partial charge in [0.1, 0.15) is 16.8 Å². The van der Waals surface area contributed by atoms with Gasteiger partial charge in [-0.15, -0.1) is 0 Å². The molecule has 3 aromatic carbocycles. The van der Waals surface area contributed by atoms with Crippen LogP contribution in [-0.2, 0) is 4.79 Å². The Morgan fingerprint density at radius 1 is 1.03 bits per heavy atom. The minimum Gasteiger partial charge on any atom is -0.495 e. The van der Waals surface area contributed by atoms with Crippen molar-refractivity contribution >= 4 is 45.3 Å². The summed E-state index contributed by atoms with van der Waals surface area (Å²) in [4.78, 5) is 36.3. The Morgan fingerprint density at radius 3 is 2.53 bits per heavy atom. The van der Waals surface area contributed by atoms with E-state index in [-0.39, 0.29) is 17.2 Å². The number of carbonyl (C=O) groups excluding carboxylic acids is 1. The summed E-state index contributed by atoms with van der Waals surface area (Å²) in [5.41, 5.74) is 2.93. The molecule has 2 aromatic heterocycles. The van der Waals surface area contributed by atoms with Gasteiger partial charge in [0.15, 0.2) is 5.16 Å². The van der Waals surface area contributed by atoms with Gasteiger partial charge in [0, 0.05) is 23.6 Å². The molecule has 1 N–H and O–H groups in total. The summed E-state index contributed by atoms with van der Waals surface area (Å²) in [7, 11) is 3.30. The number of methoxy groups -OCH3 is 1. The van der Waals surface area contributed by atoms with E-state index in [0.29, 0.717) is 27.6 Å².